The van der Waals surface area contributed by atoms with Crippen LogP contribution in [0.4, 0.5) is 0 Å². The van der Waals surface area contributed by atoms with Gasteiger partial charge in [0.2, 0.25) is 5.91 Å². The second-order valence-electron chi connectivity index (χ2n) is 3.24. The normalized spacial score (nSPS) is 14.3. The van der Waals surface area contributed by atoms with Crippen molar-refractivity contribution in [1.82, 2.24) is 10.3 Å². The van der Waals surface area contributed by atoms with Crippen LogP contribution in [0.1, 0.15) is 18.6 Å². The van der Waals surface area contributed by atoms with Gasteiger partial charge in [0.1, 0.15) is 12.2 Å². The summed E-state index contributed by atoms with van der Waals surface area (Å²) in [4.78, 5) is 14.4. The van der Waals surface area contributed by atoms with Gasteiger partial charge in [-0.25, -0.2) is 0 Å². The monoisotopic (exact) mass is 210 g/mol. The third-order valence-corrected chi connectivity index (χ3v) is 1.95. The van der Waals surface area contributed by atoms with E-state index in [1.807, 2.05) is 0 Å². The number of aromatic nitrogens is 1. The van der Waals surface area contributed by atoms with Gasteiger partial charge in [-0.1, -0.05) is 6.07 Å². The average Bonchev–Trinajstić information content (AvgIpc) is 2.26. The molecule has 0 aliphatic heterocycles. The van der Waals surface area contributed by atoms with Gasteiger partial charge in [-0.15, -0.1) is 0 Å². The van der Waals surface area contributed by atoms with Gasteiger partial charge < -0.3 is 15.5 Å². The fourth-order valence-corrected chi connectivity index (χ4v) is 1.13. The smallest absolute Gasteiger partial charge is 0.216 e. The number of amides is 1. The Morgan fingerprint density at radius 3 is 2.87 bits per heavy atom. The Morgan fingerprint density at radius 1 is 1.60 bits per heavy atom. The molecule has 0 spiro atoms. The Morgan fingerprint density at radius 2 is 2.33 bits per heavy atom. The molecule has 1 aromatic rings. The predicted octanol–water partition coefficient (Wildman–Crippen LogP) is -0.388. The van der Waals surface area contributed by atoms with Crippen molar-refractivity contribution in [1.29, 1.82) is 0 Å². The van der Waals surface area contributed by atoms with Gasteiger partial charge in [0.25, 0.3) is 0 Å². The van der Waals surface area contributed by atoms with E-state index in [1.54, 1.807) is 18.3 Å². The highest BCUT2D eigenvalue weighted by molar-refractivity contribution is 5.72. The molecule has 5 heteroatoms. The van der Waals surface area contributed by atoms with Crippen LogP contribution in [0.2, 0.25) is 0 Å². The van der Waals surface area contributed by atoms with Gasteiger partial charge in [-0.3, -0.25) is 9.78 Å². The number of pyridine rings is 1. The lowest BCUT2D eigenvalue weighted by molar-refractivity contribution is -0.119. The summed E-state index contributed by atoms with van der Waals surface area (Å²) < 4.78 is 0. The number of nitrogens with one attached hydrogen (secondary N) is 1. The van der Waals surface area contributed by atoms with Gasteiger partial charge in [0.15, 0.2) is 0 Å². The lowest BCUT2D eigenvalue weighted by atomic mass is 10.1. The highest BCUT2D eigenvalue weighted by Crippen LogP contribution is 2.14. The van der Waals surface area contributed by atoms with E-state index in [2.05, 4.69) is 10.3 Å². The van der Waals surface area contributed by atoms with Crippen LogP contribution in [0.5, 0.6) is 0 Å². The van der Waals surface area contributed by atoms with Crippen LogP contribution in [0.15, 0.2) is 24.5 Å². The number of hydrogen-bond acceptors (Lipinski definition) is 4. The Kier molecular flexibility index (Phi) is 4.20. The summed E-state index contributed by atoms with van der Waals surface area (Å²) in [7, 11) is 0. The van der Waals surface area contributed by atoms with E-state index in [0.29, 0.717) is 5.56 Å². The van der Waals surface area contributed by atoms with Crippen LogP contribution >= 0.6 is 0 Å². The highest BCUT2D eigenvalue weighted by atomic mass is 16.3. The fraction of sp³-hybridized carbons (Fsp3) is 0.400. The first-order valence-corrected chi connectivity index (χ1v) is 4.61. The largest absolute Gasteiger partial charge is 0.388 e. The van der Waals surface area contributed by atoms with Crippen LogP contribution in [0.25, 0.3) is 0 Å². The zero-order valence-electron chi connectivity index (χ0n) is 8.42. The molecule has 0 radical (unpaired) electrons. The van der Waals surface area contributed by atoms with Crippen molar-refractivity contribution >= 4 is 5.91 Å². The Hall–Kier alpha value is -1.46. The molecule has 2 unspecified atom stereocenters. The molecule has 5 nitrogen and oxygen atoms in total. The summed E-state index contributed by atoms with van der Waals surface area (Å²) in [6.45, 7) is 1.37. The maximum absolute atomic E-state index is 10.6. The van der Waals surface area contributed by atoms with Gasteiger partial charge in [-0.2, -0.15) is 0 Å². The average molecular weight is 210 g/mol. The molecule has 82 valence electrons. The maximum atomic E-state index is 10.6. The van der Waals surface area contributed by atoms with Crippen LogP contribution in [0.3, 0.4) is 0 Å². The van der Waals surface area contributed by atoms with Crippen molar-refractivity contribution < 1.29 is 15.0 Å². The molecule has 1 aromatic heterocycles. The van der Waals surface area contributed by atoms with Crippen LogP contribution in [0, 0.1) is 0 Å². The van der Waals surface area contributed by atoms with Gasteiger partial charge in [-0.05, 0) is 6.07 Å². The van der Waals surface area contributed by atoms with E-state index in [4.69, 9.17) is 0 Å². The SMILES string of the molecule is CC(=O)NCC(O)C(O)c1cccnc1. The molecule has 1 heterocycles. The van der Waals surface area contributed by atoms with E-state index in [9.17, 15) is 15.0 Å². The van der Waals surface area contributed by atoms with Crippen molar-refractivity contribution in [2.45, 2.75) is 19.1 Å². The molecule has 0 saturated heterocycles. The summed E-state index contributed by atoms with van der Waals surface area (Å²) >= 11 is 0. The first kappa shape index (κ1) is 11.6. The van der Waals surface area contributed by atoms with Crippen LogP contribution < -0.4 is 5.32 Å². The molecule has 3 N–H and O–H groups in total. The topological polar surface area (TPSA) is 82.5 Å². The first-order valence-electron chi connectivity index (χ1n) is 4.61. The number of nitrogens with zero attached hydrogens (tertiary/aromatic N) is 1. The molecule has 15 heavy (non-hydrogen) atoms. The van der Waals surface area contributed by atoms with E-state index in [-0.39, 0.29) is 12.5 Å². The standard InChI is InChI=1S/C10H14N2O3/c1-7(13)12-6-9(14)10(15)8-3-2-4-11-5-8/h2-5,9-10,14-15H,6H2,1H3,(H,12,13). The third kappa shape index (κ3) is 3.65. The second-order valence-corrected chi connectivity index (χ2v) is 3.24. The highest BCUT2D eigenvalue weighted by Gasteiger charge is 2.18. The zero-order chi connectivity index (χ0) is 11.3. The summed E-state index contributed by atoms with van der Waals surface area (Å²) in [5, 5.41) is 21.6. The molecular weight excluding hydrogens is 196 g/mol. The molecule has 0 saturated carbocycles. The minimum atomic E-state index is -1.04. The molecule has 2 atom stereocenters. The number of aliphatic hydroxyl groups excluding tert-OH is 2. The van der Waals surface area contributed by atoms with Crippen molar-refractivity contribution in [3.05, 3.63) is 30.1 Å². The lowest BCUT2D eigenvalue weighted by Crippen LogP contribution is -2.34. The Balaban J connectivity index is 2.53. The molecule has 0 bridgehead atoms. The summed E-state index contributed by atoms with van der Waals surface area (Å²) in [6.07, 6.45) is 0.988. The minimum absolute atomic E-state index is 0.0192. The van der Waals surface area contributed by atoms with Crippen molar-refractivity contribution in [3.8, 4) is 0 Å². The lowest BCUT2D eigenvalue weighted by Gasteiger charge is -2.17. The van der Waals surface area contributed by atoms with Crippen molar-refractivity contribution in [2.24, 2.45) is 0 Å². The molecular formula is C10H14N2O3. The number of hydrogen-bond donors (Lipinski definition) is 3. The van der Waals surface area contributed by atoms with E-state index >= 15 is 0 Å². The zero-order valence-corrected chi connectivity index (χ0v) is 8.42. The van der Waals surface area contributed by atoms with Crippen molar-refractivity contribution in [2.75, 3.05) is 6.54 Å². The first-order chi connectivity index (χ1) is 7.11. The van der Waals surface area contributed by atoms with E-state index in [1.165, 1.54) is 13.1 Å². The van der Waals surface area contributed by atoms with Gasteiger partial charge in [0.05, 0.1) is 0 Å². The van der Waals surface area contributed by atoms with E-state index in [0.717, 1.165) is 0 Å². The maximum Gasteiger partial charge on any atom is 0.216 e. The summed E-state index contributed by atoms with van der Waals surface area (Å²) in [6, 6.07) is 3.33. The van der Waals surface area contributed by atoms with E-state index < -0.39 is 12.2 Å². The number of carbonyl (C=O) groups is 1. The molecule has 0 aliphatic rings. The predicted molar refractivity (Wildman–Crippen MR) is 53.9 cm³/mol. The Labute approximate surface area is 87.8 Å². The van der Waals surface area contributed by atoms with Crippen LogP contribution in [-0.2, 0) is 4.79 Å². The summed E-state index contributed by atoms with van der Waals surface area (Å²) in [5.41, 5.74) is 0.523. The van der Waals surface area contributed by atoms with Crippen LogP contribution in [-0.4, -0.2) is 33.8 Å². The molecule has 1 rings (SSSR count). The fourth-order valence-electron chi connectivity index (χ4n) is 1.13. The third-order valence-electron chi connectivity index (χ3n) is 1.95. The molecule has 0 fully saturated rings. The van der Waals surface area contributed by atoms with Gasteiger partial charge in [0, 0.05) is 31.4 Å². The molecule has 0 aliphatic carbocycles. The minimum Gasteiger partial charge on any atom is -0.388 e. The number of carbonyl (C=O) groups excluding carboxylic acids is 1. The molecule has 1 amide bonds. The van der Waals surface area contributed by atoms with Gasteiger partial charge >= 0.3 is 0 Å². The van der Waals surface area contributed by atoms with Crippen molar-refractivity contribution in [3.63, 3.8) is 0 Å². The second kappa shape index (κ2) is 5.43. The number of rotatable bonds is 4. The summed E-state index contributed by atoms with van der Waals surface area (Å²) in [5.74, 6) is -0.243. The Bertz CT molecular complexity index is 316. The number of aliphatic hydroxyl groups is 2. The quantitative estimate of drug-likeness (QED) is 0.632. The molecule has 0 aromatic carbocycles.